The molecule has 0 aliphatic heterocycles. The second kappa shape index (κ2) is 3.77. The summed E-state index contributed by atoms with van der Waals surface area (Å²) < 4.78 is 0. The summed E-state index contributed by atoms with van der Waals surface area (Å²) >= 11 is 0. The molecule has 1 aromatic rings. The normalized spacial score (nSPS) is 8.00. The molecule has 0 spiro atoms. The minimum Gasteiger partial charge on any atom is -0.508 e. The van der Waals surface area contributed by atoms with Gasteiger partial charge in [-0.05, 0) is 24.3 Å². The fourth-order valence-corrected chi connectivity index (χ4v) is 0.453. The molecule has 0 saturated carbocycles. The van der Waals surface area contributed by atoms with E-state index >= 15 is 0 Å². The maximum Gasteiger partial charge on any atom is 1.00 e. The van der Waals surface area contributed by atoms with Crippen LogP contribution in [0.15, 0.2) is 24.3 Å². The molecular formula is C6H6NaO2+. The van der Waals surface area contributed by atoms with Gasteiger partial charge in [-0.15, -0.1) is 0 Å². The first-order chi connectivity index (χ1) is 3.79. The Morgan fingerprint density at radius 3 is 1.22 bits per heavy atom. The SMILES string of the molecule is Oc1ccc(O)cc1.[Na+]. The van der Waals surface area contributed by atoms with E-state index < -0.39 is 0 Å². The quantitative estimate of drug-likeness (QED) is 0.320. The van der Waals surface area contributed by atoms with Crippen LogP contribution in [0.5, 0.6) is 11.5 Å². The molecule has 0 unspecified atom stereocenters. The van der Waals surface area contributed by atoms with Gasteiger partial charge in [-0.25, -0.2) is 0 Å². The van der Waals surface area contributed by atoms with Crippen LogP contribution in [0.1, 0.15) is 0 Å². The largest absolute Gasteiger partial charge is 1.00 e. The van der Waals surface area contributed by atoms with E-state index in [1.54, 1.807) is 0 Å². The predicted molar refractivity (Wildman–Crippen MR) is 29.8 cm³/mol. The van der Waals surface area contributed by atoms with E-state index in [9.17, 15) is 0 Å². The van der Waals surface area contributed by atoms with Gasteiger partial charge in [0, 0.05) is 0 Å². The molecule has 9 heavy (non-hydrogen) atoms. The molecule has 0 saturated heterocycles. The van der Waals surface area contributed by atoms with Crippen molar-refractivity contribution in [2.75, 3.05) is 0 Å². The number of hydrogen-bond acceptors (Lipinski definition) is 2. The molecule has 42 valence electrons. The van der Waals surface area contributed by atoms with Gasteiger partial charge in [0.1, 0.15) is 11.5 Å². The van der Waals surface area contributed by atoms with E-state index in [4.69, 9.17) is 10.2 Å². The monoisotopic (exact) mass is 133 g/mol. The van der Waals surface area contributed by atoms with Crippen LogP contribution in [0.3, 0.4) is 0 Å². The maximum absolute atomic E-state index is 8.65. The third-order valence-electron chi connectivity index (χ3n) is 0.850. The Bertz CT molecular complexity index is 150. The van der Waals surface area contributed by atoms with Crippen LogP contribution in [0.4, 0.5) is 0 Å². The fraction of sp³-hybridized carbons (Fsp3) is 0. The van der Waals surface area contributed by atoms with E-state index in [-0.39, 0.29) is 41.1 Å². The molecule has 1 aromatic carbocycles. The van der Waals surface area contributed by atoms with Crippen LogP contribution in [0.2, 0.25) is 0 Å². The summed E-state index contributed by atoms with van der Waals surface area (Å²) in [7, 11) is 0. The molecule has 0 aliphatic carbocycles. The summed E-state index contributed by atoms with van der Waals surface area (Å²) in [5.41, 5.74) is 0. The van der Waals surface area contributed by atoms with Gasteiger partial charge in [-0.2, -0.15) is 0 Å². The Morgan fingerprint density at radius 2 is 1.00 bits per heavy atom. The Labute approximate surface area is 75.4 Å². The van der Waals surface area contributed by atoms with Crippen molar-refractivity contribution in [3.8, 4) is 11.5 Å². The molecule has 3 heteroatoms. The molecule has 1 rings (SSSR count). The number of benzene rings is 1. The molecule has 2 N–H and O–H groups in total. The first-order valence-electron chi connectivity index (χ1n) is 2.27. The van der Waals surface area contributed by atoms with E-state index in [1.165, 1.54) is 24.3 Å². The molecule has 0 aromatic heterocycles. The van der Waals surface area contributed by atoms with Crippen molar-refractivity contribution in [1.82, 2.24) is 0 Å². The second-order valence-corrected chi connectivity index (χ2v) is 1.52. The van der Waals surface area contributed by atoms with Crippen LogP contribution >= 0.6 is 0 Å². The zero-order chi connectivity index (χ0) is 5.98. The molecule has 2 nitrogen and oxygen atoms in total. The fourth-order valence-electron chi connectivity index (χ4n) is 0.453. The van der Waals surface area contributed by atoms with E-state index in [0.29, 0.717) is 0 Å². The molecule has 0 aliphatic rings. The maximum atomic E-state index is 8.65. The Kier molecular flexibility index (Phi) is 3.70. The Balaban J connectivity index is 0.000000640. The number of phenols is 2. The third kappa shape index (κ3) is 2.75. The van der Waals surface area contributed by atoms with Gasteiger partial charge in [0.15, 0.2) is 0 Å². The van der Waals surface area contributed by atoms with Crippen molar-refractivity contribution >= 4 is 0 Å². The molecule has 0 amide bonds. The van der Waals surface area contributed by atoms with Crippen molar-refractivity contribution < 1.29 is 39.8 Å². The average Bonchev–Trinajstić information content (AvgIpc) is 1.77. The van der Waals surface area contributed by atoms with Gasteiger partial charge in [-0.3, -0.25) is 0 Å². The summed E-state index contributed by atoms with van der Waals surface area (Å²) in [6.45, 7) is 0. The van der Waals surface area contributed by atoms with Gasteiger partial charge >= 0.3 is 29.6 Å². The molecular weight excluding hydrogens is 127 g/mol. The summed E-state index contributed by atoms with van der Waals surface area (Å²) in [4.78, 5) is 0. The van der Waals surface area contributed by atoms with Gasteiger partial charge in [0.25, 0.3) is 0 Å². The van der Waals surface area contributed by atoms with Gasteiger partial charge in [0.2, 0.25) is 0 Å². The average molecular weight is 133 g/mol. The smallest absolute Gasteiger partial charge is 0.508 e. The van der Waals surface area contributed by atoms with E-state index in [1.807, 2.05) is 0 Å². The minimum absolute atomic E-state index is 0. The molecule has 0 radical (unpaired) electrons. The third-order valence-corrected chi connectivity index (χ3v) is 0.850. The van der Waals surface area contributed by atoms with Crippen molar-refractivity contribution in [3.63, 3.8) is 0 Å². The first-order valence-corrected chi connectivity index (χ1v) is 2.27. The molecule has 0 atom stereocenters. The van der Waals surface area contributed by atoms with Crippen LogP contribution < -0.4 is 29.6 Å². The number of phenolic OH excluding ortho intramolecular Hbond substituents is 2. The van der Waals surface area contributed by atoms with Crippen LogP contribution in [0, 0.1) is 0 Å². The van der Waals surface area contributed by atoms with Crippen LogP contribution in [0.25, 0.3) is 0 Å². The summed E-state index contributed by atoms with van der Waals surface area (Å²) in [6, 6.07) is 5.70. The van der Waals surface area contributed by atoms with E-state index in [2.05, 4.69) is 0 Å². The zero-order valence-corrected chi connectivity index (χ0v) is 7.20. The van der Waals surface area contributed by atoms with Crippen molar-refractivity contribution in [2.45, 2.75) is 0 Å². The summed E-state index contributed by atoms with van der Waals surface area (Å²) in [6.07, 6.45) is 0. The topological polar surface area (TPSA) is 40.5 Å². The van der Waals surface area contributed by atoms with Crippen molar-refractivity contribution in [1.29, 1.82) is 0 Å². The minimum atomic E-state index is 0. The number of hydrogen-bond donors (Lipinski definition) is 2. The zero-order valence-electron chi connectivity index (χ0n) is 5.20. The van der Waals surface area contributed by atoms with Crippen LogP contribution in [-0.2, 0) is 0 Å². The predicted octanol–water partition coefficient (Wildman–Crippen LogP) is -1.90. The summed E-state index contributed by atoms with van der Waals surface area (Å²) in [5, 5.41) is 17.3. The molecule has 0 bridgehead atoms. The summed E-state index contributed by atoms with van der Waals surface area (Å²) in [5.74, 6) is 0.339. The standard InChI is InChI=1S/C6H6O2.Na/c7-5-1-2-6(8)4-3-5;/h1-4,7-8H;/q;+1. The van der Waals surface area contributed by atoms with Gasteiger partial charge in [-0.1, -0.05) is 0 Å². The number of aromatic hydroxyl groups is 2. The van der Waals surface area contributed by atoms with Crippen LogP contribution in [-0.4, -0.2) is 10.2 Å². The Morgan fingerprint density at radius 1 is 0.778 bits per heavy atom. The first kappa shape index (κ1) is 8.82. The molecule has 0 fully saturated rings. The van der Waals surface area contributed by atoms with E-state index in [0.717, 1.165) is 0 Å². The van der Waals surface area contributed by atoms with Crippen molar-refractivity contribution in [3.05, 3.63) is 24.3 Å². The Hall–Kier alpha value is -0.180. The molecule has 0 heterocycles. The van der Waals surface area contributed by atoms with Gasteiger partial charge < -0.3 is 10.2 Å². The second-order valence-electron chi connectivity index (χ2n) is 1.52. The van der Waals surface area contributed by atoms with Crippen molar-refractivity contribution in [2.24, 2.45) is 0 Å². The number of rotatable bonds is 0. The van der Waals surface area contributed by atoms with Gasteiger partial charge in [0.05, 0.1) is 0 Å².